The van der Waals surface area contributed by atoms with Crippen LogP contribution >= 0.6 is 0 Å². The number of carboxylic acids is 2. The highest BCUT2D eigenvalue weighted by Crippen LogP contribution is 2.13. The Bertz CT molecular complexity index is 434. The van der Waals surface area contributed by atoms with Gasteiger partial charge in [0.15, 0.2) is 0 Å². The molecule has 0 spiro atoms. The molecule has 8 nitrogen and oxygen atoms in total. The number of carbonyl (C=O) groups is 4. The molecule has 0 aliphatic heterocycles. The van der Waals surface area contributed by atoms with Gasteiger partial charge in [0.2, 0.25) is 11.8 Å². The lowest BCUT2D eigenvalue weighted by Gasteiger charge is -2.04. The van der Waals surface area contributed by atoms with Crippen molar-refractivity contribution in [2.24, 2.45) is 11.5 Å². The topological polar surface area (TPSA) is 161 Å². The molecule has 0 fully saturated rings. The first-order valence-corrected chi connectivity index (χ1v) is 5.70. The number of nitrogens with two attached hydrogens (primary N) is 2. The number of amides is 2. The Kier molecular flexibility index (Phi) is 7.34. The molecule has 0 saturated carbocycles. The van der Waals surface area contributed by atoms with E-state index in [4.69, 9.17) is 21.7 Å². The third-order valence-corrected chi connectivity index (χ3v) is 2.37. The Labute approximate surface area is 114 Å². The maximum atomic E-state index is 10.9. The zero-order chi connectivity index (χ0) is 15.7. The van der Waals surface area contributed by atoms with E-state index in [0.717, 1.165) is 12.2 Å². The molecule has 0 aliphatic rings. The Hall–Kier alpha value is -2.64. The molecule has 0 unspecified atom stereocenters. The standard InChI is InChI=1S/C12H16N2O6/c13-11(19)7(5-9(15)16)3-1-2-4-8(12(14)20)6-10(17)18/h5-6H,1-4H2,(H2,13,19)(H2,14,20)(H,15,16)(H,17,18)/b7-5+,8-6+. The van der Waals surface area contributed by atoms with Gasteiger partial charge < -0.3 is 21.7 Å². The summed E-state index contributed by atoms with van der Waals surface area (Å²) in [7, 11) is 0. The highest BCUT2D eigenvalue weighted by atomic mass is 16.4. The zero-order valence-electron chi connectivity index (χ0n) is 10.7. The smallest absolute Gasteiger partial charge is 0.328 e. The van der Waals surface area contributed by atoms with Crippen molar-refractivity contribution in [2.45, 2.75) is 25.7 Å². The van der Waals surface area contributed by atoms with Crippen LogP contribution in [-0.4, -0.2) is 34.0 Å². The number of hydrogen-bond donors (Lipinski definition) is 4. The molecule has 0 atom stereocenters. The van der Waals surface area contributed by atoms with Gasteiger partial charge in [-0.2, -0.15) is 0 Å². The maximum Gasteiger partial charge on any atom is 0.328 e. The largest absolute Gasteiger partial charge is 0.478 e. The summed E-state index contributed by atoms with van der Waals surface area (Å²) in [5.41, 5.74) is 9.93. The first kappa shape index (κ1) is 17.4. The first-order valence-electron chi connectivity index (χ1n) is 5.70. The van der Waals surface area contributed by atoms with E-state index < -0.39 is 23.8 Å². The summed E-state index contributed by atoms with van der Waals surface area (Å²) < 4.78 is 0. The zero-order valence-corrected chi connectivity index (χ0v) is 10.7. The van der Waals surface area contributed by atoms with Gasteiger partial charge in [0.05, 0.1) is 0 Å². The summed E-state index contributed by atoms with van der Waals surface area (Å²) in [6.45, 7) is 0. The van der Waals surface area contributed by atoms with Crippen molar-refractivity contribution >= 4 is 23.8 Å². The van der Waals surface area contributed by atoms with E-state index >= 15 is 0 Å². The number of primary amides is 2. The van der Waals surface area contributed by atoms with Gasteiger partial charge in [-0.05, 0) is 25.7 Å². The van der Waals surface area contributed by atoms with Crippen molar-refractivity contribution in [3.63, 3.8) is 0 Å². The Morgan fingerprint density at radius 2 is 1.05 bits per heavy atom. The molecular weight excluding hydrogens is 268 g/mol. The molecule has 8 heteroatoms. The molecule has 0 saturated heterocycles. The molecule has 0 radical (unpaired) electrons. The molecule has 20 heavy (non-hydrogen) atoms. The fraction of sp³-hybridized carbons (Fsp3) is 0.333. The molecule has 0 aliphatic carbocycles. The summed E-state index contributed by atoms with van der Waals surface area (Å²) in [4.78, 5) is 42.8. The van der Waals surface area contributed by atoms with Crippen molar-refractivity contribution in [1.29, 1.82) is 0 Å². The quantitative estimate of drug-likeness (QED) is 0.331. The third-order valence-electron chi connectivity index (χ3n) is 2.37. The van der Waals surface area contributed by atoms with Crippen LogP contribution in [0.1, 0.15) is 25.7 Å². The van der Waals surface area contributed by atoms with Crippen LogP contribution in [0.25, 0.3) is 0 Å². The summed E-state index contributed by atoms with van der Waals surface area (Å²) in [5.74, 6) is -4.21. The fourth-order valence-corrected chi connectivity index (χ4v) is 1.46. The van der Waals surface area contributed by atoms with Crippen molar-refractivity contribution in [1.82, 2.24) is 0 Å². The van der Waals surface area contributed by atoms with E-state index in [0.29, 0.717) is 12.8 Å². The Morgan fingerprint density at radius 3 is 1.25 bits per heavy atom. The molecule has 6 N–H and O–H groups in total. The van der Waals surface area contributed by atoms with E-state index in [1.165, 1.54) is 0 Å². The van der Waals surface area contributed by atoms with E-state index in [1.807, 2.05) is 0 Å². The number of aliphatic carboxylic acids is 2. The van der Waals surface area contributed by atoms with Crippen LogP contribution in [0.4, 0.5) is 0 Å². The molecule has 0 aromatic carbocycles. The lowest BCUT2D eigenvalue weighted by molar-refractivity contribution is -0.132. The van der Waals surface area contributed by atoms with Crippen molar-refractivity contribution < 1.29 is 29.4 Å². The second kappa shape index (κ2) is 8.46. The summed E-state index contributed by atoms with van der Waals surface area (Å²) >= 11 is 0. The summed E-state index contributed by atoms with van der Waals surface area (Å²) in [6, 6.07) is 0. The molecule has 0 heterocycles. The lowest BCUT2D eigenvalue weighted by Crippen LogP contribution is -2.16. The average molecular weight is 284 g/mol. The number of carbonyl (C=O) groups excluding carboxylic acids is 2. The molecular formula is C12H16N2O6. The van der Waals surface area contributed by atoms with Gasteiger partial charge in [-0.25, -0.2) is 9.59 Å². The Morgan fingerprint density at radius 1 is 0.750 bits per heavy atom. The maximum absolute atomic E-state index is 10.9. The molecule has 0 aromatic rings. The van der Waals surface area contributed by atoms with Gasteiger partial charge in [-0.15, -0.1) is 0 Å². The lowest BCUT2D eigenvalue weighted by atomic mass is 10.0. The van der Waals surface area contributed by atoms with Gasteiger partial charge in [-0.3, -0.25) is 9.59 Å². The fourth-order valence-electron chi connectivity index (χ4n) is 1.46. The normalized spacial score (nSPS) is 12.0. The molecule has 0 rings (SSSR count). The second-order valence-corrected chi connectivity index (χ2v) is 3.95. The van der Waals surface area contributed by atoms with Gasteiger partial charge in [0.25, 0.3) is 0 Å². The highest BCUT2D eigenvalue weighted by Gasteiger charge is 2.10. The van der Waals surface area contributed by atoms with Crippen LogP contribution in [-0.2, 0) is 19.2 Å². The minimum atomic E-state index is -1.28. The van der Waals surface area contributed by atoms with E-state index in [9.17, 15) is 19.2 Å². The van der Waals surface area contributed by atoms with Crippen molar-refractivity contribution in [3.05, 3.63) is 23.3 Å². The first-order chi connectivity index (χ1) is 9.23. The predicted octanol–water partition coefficient (Wildman–Crippen LogP) is -0.461. The van der Waals surface area contributed by atoms with Crippen LogP contribution < -0.4 is 11.5 Å². The summed E-state index contributed by atoms with van der Waals surface area (Å²) in [6.07, 6.45) is 2.44. The van der Waals surface area contributed by atoms with E-state index in [2.05, 4.69) is 0 Å². The highest BCUT2D eigenvalue weighted by molar-refractivity contribution is 5.98. The van der Waals surface area contributed by atoms with Gasteiger partial charge >= 0.3 is 11.9 Å². The average Bonchev–Trinajstić information content (AvgIpc) is 2.29. The number of hydrogen-bond acceptors (Lipinski definition) is 4. The van der Waals surface area contributed by atoms with Gasteiger partial charge in [0.1, 0.15) is 0 Å². The third kappa shape index (κ3) is 7.64. The summed E-state index contributed by atoms with van der Waals surface area (Å²) in [5, 5.41) is 17.1. The van der Waals surface area contributed by atoms with Crippen LogP contribution in [0.2, 0.25) is 0 Å². The van der Waals surface area contributed by atoms with Crippen molar-refractivity contribution in [2.75, 3.05) is 0 Å². The second-order valence-electron chi connectivity index (χ2n) is 3.95. The number of rotatable bonds is 9. The van der Waals surface area contributed by atoms with Crippen LogP contribution in [0.15, 0.2) is 23.3 Å². The number of carboxylic acid groups (broad SMARTS) is 2. The monoisotopic (exact) mass is 284 g/mol. The van der Waals surface area contributed by atoms with Crippen LogP contribution in [0, 0.1) is 0 Å². The minimum Gasteiger partial charge on any atom is -0.478 e. The molecule has 0 bridgehead atoms. The van der Waals surface area contributed by atoms with Gasteiger partial charge in [0, 0.05) is 23.3 Å². The van der Waals surface area contributed by atoms with Crippen LogP contribution in [0.3, 0.4) is 0 Å². The molecule has 110 valence electrons. The van der Waals surface area contributed by atoms with Gasteiger partial charge in [-0.1, -0.05) is 0 Å². The van der Waals surface area contributed by atoms with E-state index in [-0.39, 0.29) is 24.0 Å². The molecule has 2 amide bonds. The molecule has 0 aromatic heterocycles. The number of unbranched alkanes of at least 4 members (excludes halogenated alkanes) is 1. The van der Waals surface area contributed by atoms with E-state index in [1.54, 1.807) is 0 Å². The van der Waals surface area contributed by atoms with Crippen molar-refractivity contribution in [3.8, 4) is 0 Å². The Balaban J connectivity index is 4.43. The SMILES string of the molecule is NC(=O)/C(=C/C(=O)O)CCCC/C(=C\C(=O)O)C(N)=O. The predicted molar refractivity (Wildman–Crippen MR) is 68.3 cm³/mol. The van der Waals surface area contributed by atoms with Crippen LogP contribution in [0.5, 0.6) is 0 Å². The minimum absolute atomic E-state index is 0.0414.